The highest BCUT2D eigenvalue weighted by atomic mass is 16.5. The van der Waals surface area contributed by atoms with Crippen LogP contribution in [0.25, 0.3) is 0 Å². The Morgan fingerprint density at radius 3 is 2.71 bits per heavy atom. The number of nitrogens with one attached hydrogen (secondary N) is 1. The monoisotopic (exact) mass is 288 g/mol. The maximum atomic E-state index is 11.5. The molecule has 0 bridgehead atoms. The quantitative estimate of drug-likeness (QED) is 0.910. The van der Waals surface area contributed by atoms with E-state index in [1.54, 1.807) is 4.90 Å². The van der Waals surface area contributed by atoms with Gasteiger partial charge in [-0.15, -0.1) is 0 Å². The second-order valence-electron chi connectivity index (χ2n) is 6.26. The number of carbonyl (C=O) groups excluding carboxylic acids is 1. The Kier molecular flexibility index (Phi) is 4.15. The summed E-state index contributed by atoms with van der Waals surface area (Å²) in [4.78, 5) is 13.3. The molecule has 4 nitrogen and oxygen atoms in total. The molecule has 1 aromatic carbocycles. The van der Waals surface area contributed by atoms with E-state index >= 15 is 0 Å². The smallest absolute Gasteiger partial charge is 0.409 e. The van der Waals surface area contributed by atoms with Gasteiger partial charge in [0.25, 0.3) is 0 Å². The molecule has 1 aromatic rings. The molecule has 1 saturated heterocycles. The number of nitrogens with zero attached hydrogens (tertiary/aromatic N) is 1. The van der Waals surface area contributed by atoms with Crippen LogP contribution in [-0.4, -0.2) is 37.2 Å². The van der Waals surface area contributed by atoms with Crippen molar-refractivity contribution in [3.05, 3.63) is 35.4 Å². The van der Waals surface area contributed by atoms with Crippen molar-refractivity contribution in [1.29, 1.82) is 0 Å². The topological polar surface area (TPSA) is 41.6 Å². The Bertz CT molecular complexity index is 509. The highest BCUT2D eigenvalue weighted by Gasteiger charge is 2.32. The number of benzene rings is 1. The fraction of sp³-hybridized carbons (Fsp3) is 0.588. The molecular formula is C17H24N2O2. The van der Waals surface area contributed by atoms with Gasteiger partial charge in [0.2, 0.25) is 0 Å². The molecule has 1 aliphatic heterocycles. The van der Waals surface area contributed by atoms with Gasteiger partial charge in [0, 0.05) is 25.2 Å². The Balaban J connectivity index is 1.60. The highest BCUT2D eigenvalue weighted by molar-refractivity contribution is 5.67. The van der Waals surface area contributed by atoms with Crippen LogP contribution in [0, 0.1) is 5.92 Å². The first-order valence-corrected chi connectivity index (χ1v) is 7.85. The van der Waals surface area contributed by atoms with E-state index in [0.29, 0.717) is 18.0 Å². The molecule has 4 heteroatoms. The number of piperidine rings is 1. The van der Waals surface area contributed by atoms with E-state index in [-0.39, 0.29) is 6.09 Å². The summed E-state index contributed by atoms with van der Waals surface area (Å²) in [6.07, 6.45) is 2.96. The molecule has 1 heterocycles. The third kappa shape index (κ3) is 2.91. The third-order valence-corrected chi connectivity index (χ3v) is 4.84. The third-order valence-electron chi connectivity index (χ3n) is 4.84. The average molecular weight is 288 g/mol. The van der Waals surface area contributed by atoms with Crippen molar-refractivity contribution in [2.24, 2.45) is 5.92 Å². The SMILES string of the molecule is COC(=O)N1CCC(NC2c3ccccc3CC2C)CC1. The van der Waals surface area contributed by atoms with Gasteiger partial charge in [-0.25, -0.2) is 4.79 Å². The van der Waals surface area contributed by atoms with Crippen LogP contribution in [0.2, 0.25) is 0 Å². The molecule has 2 atom stereocenters. The first kappa shape index (κ1) is 14.4. The Hall–Kier alpha value is -1.55. The standard InChI is InChI=1S/C17H24N2O2/c1-12-11-13-5-3-4-6-15(13)16(12)18-14-7-9-19(10-8-14)17(20)21-2/h3-6,12,14,16,18H,7-11H2,1-2H3. The van der Waals surface area contributed by atoms with Crippen LogP contribution in [0.5, 0.6) is 0 Å². The second-order valence-corrected chi connectivity index (χ2v) is 6.26. The van der Waals surface area contributed by atoms with Gasteiger partial charge in [0.15, 0.2) is 0 Å². The van der Waals surface area contributed by atoms with Gasteiger partial charge in [-0.3, -0.25) is 0 Å². The van der Waals surface area contributed by atoms with Crippen molar-refractivity contribution < 1.29 is 9.53 Å². The Labute approximate surface area is 126 Å². The molecule has 21 heavy (non-hydrogen) atoms. The minimum Gasteiger partial charge on any atom is -0.453 e. The van der Waals surface area contributed by atoms with Gasteiger partial charge in [0.1, 0.15) is 0 Å². The van der Waals surface area contributed by atoms with E-state index in [2.05, 4.69) is 36.5 Å². The lowest BCUT2D eigenvalue weighted by Gasteiger charge is -2.34. The maximum absolute atomic E-state index is 11.5. The molecule has 2 unspecified atom stereocenters. The van der Waals surface area contributed by atoms with E-state index in [0.717, 1.165) is 32.4 Å². The Morgan fingerprint density at radius 2 is 2.00 bits per heavy atom. The van der Waals surface area contributed by atoms with E-state index in [1.165, 1.54) is 18.2 Å². The summed E-state index contributed by atoms with van der Waals surface area (Å²) in [5, 5.41) is 3.82. The van der Waals surface area contributed by atoms with Gasteiger partial charge in [-0.2, -0.15) is 0 Å². The minimum atomic E-state index is -0.201. The van der Waals surface area contributed by atoms with Crippen LogP contribution in [0.15, 0.2) is 24.3 Å². The van der Waals surface area contributed by atoms with Crippen LogP contribution < -0.4 is 5.32 Å². The average Bonchev–Trinajstić information content (AvgIpc) is 2.83. The predicted octanol–water partition coefficient (Wildman–Crippen LogP) is 2.74. The largest absolute Gasteiger partial charge is 0.453 e. The molecule has 0 radical (unpaired) electrons. The predicted molar refractivity (Wildman–Crippen MR) is 82.2 cm³/mol. The van der Waals surface area contributed by atoms with E-state index in [9.17, 15) is 4.79 Å². The number of methoxy groups -OCH3 is 1. The molecule has 1 aliphatic carbocycles. The molecule has 2 aliphatic rings. The van der Waals surface area contributed by atoms with Crippen LogP contribution in [0.3, 0.4) is 0 Å². The van der Waals surface area contributed by atoms with Gasteiger partial charge < -0.3 is 15.0 Å². The molecule has 0 saturated carbocycles. The zero-order valence-corrected chi connectivity index (χ0v) is 12.8. The lowest BCUT2D eigenvalue weighted by molar-refractivity contribution is 0.108. The zero-order valence-electron chi connectivity index (χ0n) is 12.8. The fourth-order valence-electron chi connectivity index (χ4n) is 3.66. The summed E-state index contributed by atoms with van der Waals surface area (Å²) in [7, 11) is 1.45. The highest BCUT2D eigenvalue weighted by Crippen LogP contribution is 2.36. The van der Waals surface area contributed by atoms with E-state index < -0.39 is 0 Å². The molecule has 1 N–H and O–H groups in total. The molecule has 1 fully saturated rings. The van der Waals surface area contributed by atoms with Gasteiger partial charge >= 0.3 is 6.09 Å². The normalized spacial score (nSPS) is 25.7. The summed E-state index contributed by atoms with van der Waals surface area (Å²) in [6.45, 7) is 3.89. The molecular weight excluding hydrogens is 264 g/mol. The van der Waals surface area contributed by atoms with Crippen molar-refractivity contribution in [2.75, 3.05) is 20.2 Å². The van der Waals surface area contributed by atoms with Gasteiger partial charge in [-0.05, 0) is 36.3 Å². The van der Waals surface area contributed by atoms with E-state index in [1.807, 2.05) is 0 Å². The molecule has 0 aromatic heterocycles. The lowest BCUT2D eigenvalue weighted by atomic mass is 9.98. The molecule has 0 spiro atoms. The zero-order chi connectivity index (χ0) is 14.8. The summed E-state index contributed by atoms with van der Waals surface area (Å²) < 4.78 is 4.79. The van der Waals surface area contributed by atoms with Gasteiger partial charge in [-0.1, -0.05) is 31.2 Å². The number of amides is 1. The first-order valence-electron chi connectivity index (χ1n) is 7.85. The van der Waals surface area contributed by atoms with Crippen molar-refractivity contribution in [2.45, 2.75) is 38.3 Å². The molecule has 1 amide bonds. The van der Waals surface area contributed by atoms with Crippen LogP contribution in [0.1, 0.15) is 36.9 Å². The van der Waals surface area contributed by atoms with Crippen molar-refractivity contribution >= 4 is 6.09 Å². The summed E-state index contributed by atoms with van der Waals surface area (Å²) in [6, 6.07) is 9.70. The molecule has 114 valence electrons. The summed E-state index contributed by atoms with van der Waals surface area (Å²) in [5.41, 5.74) is 2.94. The van der Waals surface area contributed by atoms with E-state index in [4.69, 9.17) is 4.74 Å². The number of rotatable bonds is 2. The van der Waals surface area contributed by atoms with Gasteiger partial charge in [0.05, 0.1) is 7.11 Å². The number of fused-ring (bicyclic) bond motifs is 1. The fourth-order valence-corrected chi connectivity index (χ4v) is 3.66. The number of ether oxygens (including phenoxy) is 1. The summed E-state index contributed by atoms with van der Waals surface area (Å²) in [5.74, 6) is 0.640. The number of carbonyl (C=O) groups is 1. The molecule has 3 rings (SSSR count). The first-order chi connectivity index (χ1) is 10.2. The minimum absolute atomic E-state index is 0.201. The van der Waals surface area contributed by atoms with Crippen molar-refractivity contribution in [3.63, 3.8) is 0 Å². The number of hydrogen-bond donors (Lipinski definition) is 1. The van der Waals surface area contributed by atoms with Crippen LogP contribution >= 0.6 is 0 Å². The van der Waals surface area contributed by atoms with Crippen molar-refractivity contribution in [1.82, 2.24) is 10.2 Å². The second kappa shape index (κ2) is 6.06. The summed E-state index contributed by atoms with van der Waals surface area (Å²) >= 11 is 0. The maximum Gasteiger partial charge on any atom is 0.409 e. The van der Waals surface area contributed by atoms with Crippen molar-refractivity contribution in [3.8, 4) is 0 Å². The van der Waals surface area contributed by atoms with Crippen LogP contribution in [-0.2, 0) is 11.2 Å². The lowest BCUT2D eigenvalue weighted by Crippen LogP contribution is -2.46. The van der Waals surface area contributed by atoms with Crippen LogP contribution in [0.4, 0.5) is 4.79 Å². The number of likely N-dealkylation sites (tertiary alicyclic amines) is 1. The number of hydrogen-bond acceptors (Lipinski definition) is 3. The Morgan fingerprint density at radius 1 is 1.29 bits per heavy atom.